The number of carbonyl (C=O) groups is 3. The lowest BCUT2D eigenvalue weighted by Gasteiger charge is -2.29. The zero-order valence-corrected chi connectivity index (χ0v) is 23.6. The van der Waals surface area contributed by atoms with Crippen LogP contribution in [-0.4, -0.2) is 79.0 Å². The highest BCUT2D eigenvalue weighted by Crippen LogP contribution is 2.29. The second kappa shape index (κ2) is 14.2. The number of hydrogen-bond donors (Lipinski definition) is 5. The molecule has 0 saturated carbocycles. The van der Waals surface area contributed by atoms with Crippen LogP contribution in [0, 0.1) is 17.8 Å². The van der Waals surface area contributed by atoms with Crippen molar-refractivity contribution in [3.8, 4) is 0 Å². The van der Waals surface area contributed by atoms with Crippen molar-refractivity contribution in [2.45, 2.75) is 97.7 Å². The van der Waals surface area contributed by atoms with Gasteiger partial charge in [-0.1, -0.05) is 34.6 Å². The maximum atomic E-state index is 13.0. The molecule has 37 heavy (non-hydrogen) atoms. The number of ketones is 1. The van der Waals surface area contributed by atoms with Crippen molar-refractivity contribution < 1.29 is 29.0 Å². The third kappa shape index (κ3) is 9.67. The van der Waals surface area contributed by atoms with Crippen LogP contribution in [0.4, 0.5) is 0 Å². The Labute approximate surface area is 221 Å². The van der Waals surface area contributed by atoms with Gasteiger partial charge in [-0.3, -0.25) is 19.7 Å². The smallest absolute Gasteiger partial charge is 0.237 e. The molecule has 5 unspecified atom stereocenters. The summed E-state index contributed by atoms with van der Waals surface area (Å²) in [5.41, 5.74) is -0.836. The lowest BCUT2D eigenvalue weighted by atomic mass is 9.93. The lowest BCUT2D eigenvalue weighted by Crippen LogP contribution is -2.58. The highest BCUT2D eigenvalue weighted by Gasteiger charge is 2.50. The number of carbonyl (C=O) groups excluding carboxylic acids is 3. The van der Waals surface area contributed by atoms with Crippen molar-refractivity contribution in [2.24, 2.45) is 17.8 Å². The highest BCUT2D eigenvalue weighted by molar-refractivity contribution is 5.97. The number of aliphatic hydroxyl groups is 1. The highest BCUT2D eigenvalue weighted by atomic mass is 16.6. The van der Waals surface area contributed by atoms with Gasteiger partial charge in [0, 0.05) is 5.92 Å². The maximum absolute atomic E-state index is 13.0. The number of epoxide rings is 1. The second-order valence-corrected chi connectivity index (χ2v) is 11.2. The first-order valence-electron chi connectivity index (χ1n) is 13.7. The number of nitrogens with one attached hydrogen (secondary N) is 4. The molecule has 10 nitrogen and oxygen atoms in total. The van der Waals surface area contributed by atoms with Crippen LogP contribution in [0.1, 0.15) is 67.7 Å². The molecule has 212 valence electrons. The van der Waals surface area contributed by atoms with E-state index in [1.807, 2.05) is 33.8 Å². The topological polar surface area (TPSA) is 141 Å². The van der Waals surface area contributed by atoms with Crippen LogP contribution in [0.15, 0.2) is 11.8 Å². The first-order chi connectivity index (χ1) is 17.4. The molecule has 1 saturated heterocycles. The zero-order valence-electron chi connectivity index (χ0n) is 23.6. The Morgan fingerprint density at radius 1 is 1.14 bits per heavy atom. The molecule has 2 rings (SSSR count). The van der Waals surface area contributed by atoms with Gasteiger partial charge in [0.2, 0.25) is 11.8 Å². The summed E-state index contributed by atoms with van der Waals surface area (Å²) in [6, 6.07) is -2.09. The fourth-order valence-corrected chi connectivity index (χ4v) is 4.22. The molecular weight excluding hydrogens is 476 g/mol. The van der Waals surface area contributed by atoms with Gasteiger partial charge < -0.3 is 30.5 Å². The van der Waals surface area contributed by atoms with Gasteiger partial charge in [-0.25, -0.2) is 0 Å². The molecule has 0 aromatic carbocycles. The van der Waals surface area contributed by atoms with Crippen LogP contribution in [0.3, 0.4) is 0 Å². The minimum atomic E-state index is -1.17. The van der Waals surface area contributed by atoms with E-state index in [0.29, 0.717) is 26.0 Å². The Bertz CT molecular complexity index is 811. The average molecular weight is 525 g/mol. The summed E-state index contributed by atoms with van der Waals surface area (Å²) in [6.45, 7) is 15.5. The van der Waals surface area contributed by atoms with Gasteiger partial charge in [-0.15, -0.1) is 0 Å². The first kappa shape index (κ1) is 31.2. The van der Waals surface area contributed by atoms with E-state index in [1.54, 1.807) is 13.8 Å². The second-order valence-electron chi connectivity index (χ2n) is 11.2. The molecule has 0 bridgehead atoms. The van der Waals surface area contributed by atoms with Crippen molar-refractivity contribution in [1.29, 1.82) is 0 Å². The fourth-order valence-electron chi connectivity index (χ4n) is 4.22. The third-order valence-electron chi connectivity index (χ3n) is 6.72. The molecule has 2 aliphatic heterocycles. The lowest BCUT2D eigenvalue weighted by molar-refractivity contribution is -0.132. The van der Waals surface area contributed by atoms with Gasteiger partial charge in [0.15, 0.2) is 5.78 Å². The summed E-state index contributed by atoms with van der Waals surface area (Å²) in [4.78, 5) is 38.8. The van der Waals surface area contributed by atoms with Gasteiger partial charge in [0.05, 0.1) is 36.4 Å². The van der Waals surface area contributed by atoms with Crippen molar-refractivity contribution in [3.05, 3.63) is 11.8 Å². The molecule has 0 aromatic heterocycles. The Morgan fingerprint density at radius 3 is 2.35 bits per heavy atom. The number of hydrogen-bond acceptors (Lipinski definition) is 8. The minimum absolute atomic E-state index is 0.137. The maximum Gasteiger partial charge on any atom is 0.237 e. The minimum Gasteiger partial charge on any atom is -0.497 e. The standard InChI is InChI=1S/C27H48N4O6/c1-8-10-28-11-9-20(30-25(34)19-13-22(17(4)5)36-14-19)26(35)29-18(6)24(33)31-21(12-16(2)3)23(32)27(7)15-37-27/h13,16-21,26,28-29,35H,8-12,14-15H2,1-7H3,(H,30,34)(H,31,33)/t18-,19?,20?,21?,26?,27?/m0/s1. The number of Topliss-reactive ketones (excluding diaryl/α,β-unsaturated/α-hetero) is 1. The summed E-state index contributed by atoms with van der Waals surface area (Å²) in [5.74, 6) is -0.00232. The van der Waals surface area contributed by atoms with Gasteiger partial charge in [0.25, 0.3) is 0 Å². The van der Waals surface area contributed by atoms with E-state index >= 15 is 0 Å². The van der Waals surface area contributed by atoms with E-state index in [0.717, 1.165) is 18.7 Å². The molecule has 2 heterocycles. The quantitative estimate of drug-likeness (QED) is 0.109. The molecular formula is C27H48N4O6. The Balaban J connectivity index is 2.00. The molecule has 1 fully saturated rings. The van der Waals surface area contributed by atoms with Crippen molar-refractivity contribution in [2.75, 3.05) is 26.3 Å². The number of allylic oxidation sites excluding steroid dienone is 1. The predicted molar refractivity (Wildman–Crippen MR) is 141 cm³/mol. The SMILES string of the molecule is CCCNCCC(NC(=O)C1C=C(C(C)C)OC1)C(O)N[C@@H](C)C(=O)NC(CC(C)C)C(=O)C1(C)CO1. The van der Waals surface area contributed by atoms with Crippen LogP contribution in [0.25, 0.3) is 0 Å². The zero-order chi connectivity index (χ0) is 27.8. The number of rotatable bonds is 17. The van der Waals surface area contributed by atoms with E-state index in [1.165, 1.54) is 0 Å². The molecule has 6 atom stereocenters. The van der Waals surface area contributed by atoms with Crippen LogP contribution in [0.5, 0.6) is 0 Å². The van der Waals surface area contributed by atoms with Crippen LogP contribution >= 0.6 is 0 Å². The predicted octanol–water partition coefficient (Wildman–Crippen LogP) is 1.23. The van der Waals surface area contributed by atoms with Crippen LogP contribution in [0.2, 0.25) is 0 Å². The Hall–Kier alpha value is -2.01. The van der Waals surface area contributed by atoms with E-state index < -0.39 is 41.8 Å². The fraction of sp³-hybridized carbons (Fsp3) is 0.815. The van der Waals surface area contributed by atoms with Gasteiger partial charge in [0.1, 0.15) is 18.4 Å². The Morgan fingerprint density at radius 2 is 1.81 bits per heavy atom. The van der Waals surface area contributed by atoms with Crippen LogP contribution in [-0.2, 0) is 23.9 Å². The molecule has 0 spiro atoms. The van der Waals surface area contributed by atoms with E-state index in [-0.39, 0.29) is 30.1 Å². The molecule has 2 amide bonds. The largest absolute Gasteiger partial charge is 0.497 e. The molecule has 5 N–H and O–H groups in total. The van der Waals surface area contributed by atoms with Crippen molar-refractivity contribution in [3.63, 3.8) is 0 Å². The molecule has 10 heteroatoms. The summed E-state index contributed by atoms with van der Waals surface area (Å²) < 4.78 is 10.9. The van der Waals surface area contributed by atoms with E-state index in [2.05, 4.69) is 28.2 Å². The normalized spacial score (nSPS) is 24.2. The first-order valence-corrected chi connectivity index (χ1v) is 13.7. The van der Waals surface area contributed by atoms with E-state index in [4.69, 9.17) is 9.47 Å². The Kier molecular flexibility index (Phi) is 12.0. The number of aliphatic hydroxyl groups excluding tert-OH is 1. The summed E-state index contributed by atoms with van der Waals surface area (Å²) >= 11 is 0. The summed E-state index contributed by atoms with van der Waals surface area (Å²) in [7, 11) is 0. The molecule has 0 aromatic rings. The van der Waals surface area contributed by atoms with Gasteiger partial charge in [-0.2, -0.15) is 0 Å². The van der Waals surface area contributed by atoms with Gasteiger partial charge in [-0.05, 0) is 58.2 Å². The van der Waals surface area contributed by atoms with Crippen molar-refractivity contribution in [1.82, 2.24) is 21.3 Å². The number of ether oxygens (including phenoxy) is 2. The van der Waals surface area contributed by atoms with Crippen molar-refractivity contribution >= 4 is 17.6 Å². The van der Waals surface area contributed by atoms with Gasteiger partial charge >= 0.3 is 0 Å². The molecule has 0 aliphatic carbocycles. The van der Waals surface area contributed by atoms with Crippen LogP contribution < -0.4 is 21.3 Å². The summed E-state index contributed by atoms with van der Waals surface area (Å²) in [5, 5.41) is 22.9. The monoisotopic (exact) mass is 524 g/mol. The molecule has 0 radical (unpaired) electrons. The third-order valence-corrected chi connectivity index (χ3v) is 6.72. The van der Waals surface area contributed by atoms with E-state index in [9.17, 15) is 19.5 Å². The molecule has 2 aliphatic rings. The summed E-state index contributed by atoms with van der Waals surface area (Å²) in [6.07, 6.45) is 2.59. The number of amides is 2. The average Bonchev–Trinajstić information content (AvgIpc) is 3.38.